The Morgan fingerprint density at radius 2 is 1.59 bits per heavy atom. The lowest BCUT2D eigenvalue weighted by molar-refractivity contribution is -0.133. The van der Waals surface area contributed by atoms with Crippen LogP contribution < -0.4 is 5.32 Å². The van der Waals surface area contributed by atoms with Gasteiger partial charge in [0.25, 0.3) is 5.91 Å². The summed E-state index contributed by atoms with van der Waals surface area (Å²) in [5, 5.41) is 3.69. The molecule has 2 aromatic carbocycles. The maximum Gasteiger partial charge on any atom is 0.251 e. The summed E-state index contributed by atoms with van der Waals surface area (Å²) >= 11 is 6.33. The van der Waals surface area contributed by atoms with E-state index < -0.39 is 0 Å². The second kappa shape index (κ2) is 9.90. The van der Waals surface area contributed by atoms with Crippen molar-refractivity contribution in [3.63, 3.8) is 0 Å². The molecular weight excluding hydrogens is 386 g/mol. The SMILES string of the molecule is CC(CC(=O)N1CCN(C(C)c2ccccc2Cl)CC1)NC(=O)c1ccccc1. The van der Waals surface area contributed by atoms with E-state index in [-0.39, 0.29) is 23.9 Å². The lowest BCUT2D eigenvalue weighted by Crippen LogP contribution is -2.50. The molecule has 0 spiro atoms. The first-order chi connectivity index (χ1) is 14.0. The van der Waals surface area contributed by atoms with Gasteiger partial charge in [-0.3, -0.25) is 14.5 Å². The quantitative estimate of drug-likeness (QED) is 0.784. The zero-order valence-electron chi connectivity index (χ0n) is 17.0. The molecule has 0 bridgehead atoms. The van der Waals surface area contributed by atoms with Crippen LogP contribution in [-0.2, 0) is 4.79 Å². The number of hydrogen-bond acceptors (Lipinski definition) is 3. The van der Waals surface area contributed by atoms with Gasteiger partial charge in [0.15, 0.2) is 0 Å². The number of carbonyl (C=O) groups is 2. The third kappa shape index (κ3) is 5.58. The molecule has 1 saturated heterocycles. The number of benzene rings is 2. The van der Waals surface area contributed by atoms with Gasteiger partial charge in [0.05, 0.1) is 0 Å². The molecule has 2 aromatic rings. The van der Waals surface area contributed by atoms with E-state index in [0.29, 0.717) is 25.1 Å². The van der Waals surface area contributed by atoms with Crippen LogP contribution in [-0.4, -0.2) is 53.8 Å². The van der Waals surface area contributed by atoms with Crippen molar-refractivity contribution in [2.75, 3.05) is 26.2 Å². The van der Waals surface area contributed by atoms with Crippen molar-refractivity contribution in [1.82, 2.24) is 15.1 Å². The van der Waals surface area contributed by atoms with Gasteiger partial charge in [-0.2, -0.15) is 0 Å². The molecule has 3 rings (SSSR count). The van der Waals surface area contributed by atoms with Crippen LogP contribution in [0.5, 0.6) is 0 Å². The third-order valence-electron chi connectivity index (χ3n) is 5.46. The van der Waals surface area contributed by atoms with Crippen LogP contribution in [0.25, 0.3) is 0 Å². The number of amides is 2. The van der Waals surface area contributed by atoms with Gasteiger partial charge in [-0.25, -0.2) is 0 Å². The monoisotopic (exact) mass is 413 g/mol. The molecule has 6 heteroatoms. The van der Waals surface area contributed by atoms with E-state index in [1.807, 2.05) is 48.2 Å². The number of nitrogens with one attached hydrogen (secondary N) is 1. The fourth-order valence-corrected chi connectivity index (χ4v) is 4.00. The normalized spacial score (nSPS) is 16.9. The molecule has 154 valence electrons. The summed E-state index contributed by atoms with van der Waals surface area (Å²) in [5.74, 6) is -0.0693. The lowest BCUT2D eigenvalue weighted by Gasteiger charge is -2.38. The van der Waals surface area contributed by atoms with Gasteiger partial charge in [-0.05, 0) is 37.6 Å². The van der Waals surface area contributed by atoms with Gasteiger partial charge in [-0.1, -0.05) is 48.0 Å². The van der Waals surface area contributed by atoms with E-state index in [1.54, 1.807) is 12.1 Å². The zero-order chi connectivity index (χ0) is 20.8. The largest absolute Gasteiger partial charge is 0.349 e. The summed E-state index contributed by atoms with van der Waals surface area (Å²) in [6.45, 7) is 7.01. The Balaban J connectivity index is 1.47. The molecule has 2 amide bonds. The van der Waals surface area contributed by atoms with Crippen molar-refractivity contribution < 1.29 is 9.59 Å². The van der Waals surface area contributed by atoms with Gasteiger partial charge in [0.2, 0.25) is 5.91 Å². The summed E-state index contributed by atoms with van der Waals surface area (Å²) in [6, 6.07) is 17.0. The predicted molar refractivity (Wildman–Crippen MR) is 116 cm³/mol. The number of piperazine rings is 1. The van der Waals surface area contributed by atoms with E-state index >= 15 is 0 Å². The number of carbonyl (C=O) groups excluding carboxylic acids is 2. The Kier molecular flexibility index (Phi) is 7.29. The Labute approximate surface area is 177 Å². The number of halogens is 1. The predicted octanol–water partition coefficient (Wildman–Crippen LogP) is 3.75. The van der Waals surface area contributed by atoms with Crippen LogP contribution in [0.1, 0.15) is 42.2 Å². The minimum atomic E-state index is -0.213. The van der Waals surface area contributed by atoms with E-state index in [9.17, 15) is 9.59 Å². The average Bonchev–Trinajstić information content (AvgIpc) is 2.74. The van der Waals surface area contributed by atoms with E-state index in [2.05, 4.69) is 23.2 Å². The number of nitrogens with zero attached hydrogens (tertiary/aromatic N) is 2. The first-order valence-corrected chi connectivity index (χ1v) is 10.5. The van der Waals surface area contributed by atoms with Crippen molar-refractivity contribution in [1.29, 1.82) is 0 Å². The second-order valence-corrected chi connectivity index (χ2v) is 7.97. The van der Waals surface area contributed by atoms with E-state index in [0.717, 1.165) is 23.7 Å². The molecule has 0 aliphatic carbocycles. The lowest BCUT2D eigenvalue weighted by atomic mass is 10.1. The molecule has 0 saturated carbocycles. The number of hydrogen-bond donors (Lipinski definition) is 1. The molecule has 0 aromatic heterocycles. The van der Waals surface area contributed by atoms with E-state index in [4.69, 9.17) is 11.6 Å². The summed E-state index contributed by atoms with van der Waals surface area (Å²) in [5.41, 5.74) is 1.72. The molecule has 1 fully saturated rings. The van der Waals surface area contributed by atoms with Crippen molar-refractivity contribution in [3.8, 4) is 0 Å². The van der Waals surface area contributed by atoms with Crippen molar-refractivity contribution >= 4 is 23.4 Å². The second-order valence-electron chi connectivity index (χ2n) is 7.56. The van der Waals surface area contributed by atoms with Gasteiger partial charge >= 0.3 is 0 Å². The highest BCUT2D eigenvalue weighted by atomic mass is 35.5. The fourth-order valence-electron chi connectivity index (χ4n) is 3.71. The van der Waals surface area contributed by atoms with E-state index in [1.165, 1.54) is 0 Å². The maximum atomic E-state index is 12.7. The molecule has 2 unspecified atom stereocenters. The fraction of sp³-hybridized carbons (Fsp3) is 0.391. The van der Waals surface area contributed by atoms with Crippen LogP contribution in [0.4, 0.5) is 0 Å². The van der Waals surface area contributed by atoms with Crippen molar-refractivity contribution in [3.05, 3.63) is 70.7 Å². The molecule has 1 N–H and O–H groups in total. The molecule has 1 aliphatic rings. The van der Waals surface area contributed by atoms with Gasteiger partial charge < -0.3 is 10.2 Å². The maximum absolute atomic E-state index is 12.7. The average molecular weight is 414 g/mol. The van der Waals surface area contributed by atoms with Gasteiger partial charge in [0.1, 0.15) is 0 Å². The van der Waals surface area contributed by atoms with Crippen LogP contribution in [0.3, 0.4) is 0 Å². The summed E-state index contributed by atoms with van der Waals surface area (Å²) in [6.07, 6.45) is 0.304. The highest BCUT2D eigenvalue weighted by Gasteiger charge is 2.26. The molecule has 2 atom stereocenters. The Morgan fingerprint density at radius 1 is 0.966 bits per heavy atom. The van der Waals surface area contributed by atoms with Crippen LogP contribution in [0, 0.1) is 0 Å². The smallest absolute Gasteiger partial charge is 0.251 e. The number of rotatable bonds is 6. The topological polar surface area (TPSA) is 52.7 Å². The van der Waals surface area contributed by atoms with Crippen molar-refractivity contribution in [2.45, 2.75) is 32.4 Å². The summed E-state index contributed by atoms with van der Waals surface area (Å²) in [4.78, 5) is 29.1. The molecule has 5 nitrogen and oxygen atoms in total. The van der Waals surface area contributed by atoms with Gasteiger partial charge in [0, 0.05) is 55.3 Å². The van der Waals surface area contributed by atoms with Crippen LogP contribution >= 0.6 is 11.6 Å². The molecular formula is C23H28ClN3O2. The highest BCUT2D eigenvalue weighted by molar-refractivity contribution is 6.31. The first-order valence-electron chi connectivity index (χ1n) is 10.1. The summed E-state index contributed by atoms with van der Waals surface area (Å²) < 4.78 is 0. The van der Waals surface area contributed by atoms with Crippen LogP contribution in [0.15, 0.2) is 54.6 Å². The Bertz CT molecular complexity index is 835. The minimum Gasteiger partial charge on any atom is -0.349 e. The highest BCUT2D eigenvalue weighted by Crippen LogP contribution is 2.27. The molecule has 0 radical (unpaired) electrons. The summed E-state index contributed by atoms with van der Waals surface area (Å²) in [7, 11) is 0. The Morgan fingerprint density at radius 3 is 2.24 bits per heavy atom. The molecule has 29 heavy (non-hydrogen) atoms. The first kappa shape index (κ1) is 21.3. The Hall–Kier alpha value is -2.37. The molecule has 1 heterocycles. The molecule has 1 aliphatic heterocycles. The van der Waals surface area contributed by atoms with Crippen molar-refractivity contribution in [2.24, 2.45) is 0 Å². The zero-order valence-corrected chi connectivity index (χ0v) is 17.7. The van der Waals surface area contributed by atoms with Crippen LogP contribution in [0.2, 0.25) is 5.02 Å². The van der Waals surface area contributed by atoms with Gasteiger partial charge in [-0.15, -0.1) is 0 Å². The minimum absolute atomic E-state index is 0.0795. The third-order valence-corrected chi connectivity index (χ3v) is 5.81. The standard InChI is InChI=1S/C23H28ClN3O2/c1-17(25-23(29)19-8-4-3-5-9-19)16-22(28)27-14-12-26(13-15-27)18(2)20-10-6-7-11-21(20)24/h3-11,17-18H,12-16H2,1-2H3,(H,25,29).